The SMILES string of the molecule is CCCCCCCc1ccc(C(=O)Oc2ccc(N=Nc3ccc4ccccc4c3-c3c(NC(C)=O)ccc4ccccc34)cc2)cc1. The van der Waals surface area contributed by atoms with E-state index in [0.717, 1.165) is 45.5 Å². The van der Waals surface area contributed by atoms with Crippen LogP contribution in [0.15, 0.2) is 132 Å². The molecule has 0 aliphatic heterocycles. The van der Waals surface area contributed by atoms with E-state index in [0.29, 0.717) is 28.4 Å². The zero-order valence-electron chi connectivity index (χ0n) is 27.4. The summed E-state index contributed by atoms with van der Waals surface area (Å²) >= 11 is 0. The normalized spacial score (nSPS) is 11.3. The number of anilines is 1. The summed E-state index contributed by atoms with van der Waals surface area (Å²) in [7, 11) is 0. The number of fused-ring (bicyclic) bond motifs is 2. The summed E-state index contributed by atoms with van der Waals surface area (Å²) in [6, 6.07) is 38.8. The lowest BCUT2D eigenvalue weighted by Crippen LogP contribution is -2.08. The molecule has 0 spiro atoms. The van der Waals surface area contributed by atoms with Crippen molar-refractivity contribution in [3.63, 3.8) is 0 Å². The van der Waals surface area contributed by atoms with Crippen molar-refractivity contribution < 1.29 is 14.3 Å². The molecule has 0 heterocycles. The van der Waals surface area contributed by atoms with Gasteiger partial charge in [0.25, 0.3) is 0 Å². The van der Waals surface area contributed by atoms with Crippen LogP contribution in [0.3, 0.4) is 0 Å². The van der Waals surface area contributed by atoms with Gasteiger partial charge in [-0.3, -0.25) is 4.79 Å². The van der Waals surface area contributed by atoms with Gasteiger partial charge in [0.15, 0.2) is 0 Å². The molecule has 6 aromatic carbocycles. The van der Waals surface area contributed by atoms with Gasteiger partial charge in [-0.15, -0.1) is 5.11 Å². The molecule has 0 saturated carbocycles. The van der Waals surface area contributed by atoms with Crippen molar-refractivity contribution in [2.24, 2.45) is 10.2 Å². The number of aryl methyl sites for hydroxylation is 1. The molecule has 0 fully saturated rings. The Bertz CT molecular complexity index is 2080. The molecule has 0 unspecified atom stereocenters. The Labute approximate surface area is 281 Å². The minimum Gasteiger partial charge on any atom is -0.423 e. The van der Waals surface area contributed by atoms with E-state index in [1.165, 1.54) is 38.2 Å². The summed E-state index contributed by atoms with van der Waals surface area (Å²) in [4.78, 5) is 25.1. The van der Waals surface area contributed by atoms with Crippen molar-refractivity contribution >= 4 is 50.5 Å². The molecule has 48 heavy (non-hydrogen) atoms. The number of nitrogens with zero attached hydrogens (tertiary/aromatic N) is 2. The van der Waals surface area contributed by atoms with Gasteiger partial charge in [-0.25, -0.2) is 4.79 Å². The highest BCUT2D eigenvalue weighted by Gasteiger charge is 2.18. The fourth-order valence-electron chi connectivity index (χ4n) is 6.04. The second-order valence-corrected chi connectivity index (χ2v) is 12.0. The van der Waals surface area contributed by atoms with E-state index < -0.39 is 5.97 Å². The molecule has 6 heteroatoms. The average Bonchev–Trinajstić information content (AvgIpc) is 3.11. The fraction of sp³-hybridized carbons (Fsp3) is 0.190. The molecule has 240 valence electrons. The van der Waals surface area contributed by atoms with E-state index in [-0.39, 0.29) is 5.91 Å². The van der Waals surface area contributed by atoms with Crippen LogP contribution in [0.5, 0.6) is 5.75 Å². The first kappa shape index (κ1) is 32.3. The number of amides is 1. The molecule has 0 atom stereocenters. The first-order chi connectivity index (χ1) is 23.5. The predicted molar refractivity (Wildman–Crippen MR) is 196 cm³/mol. The second kappa shape index (κ2) is 15.3. The molecule has 0 aliphatic carbocycles. The maximum absolute atomic E-state index is 12.8. The average molecular weight is 634 g/mol. The quantitative estimate of drug-likeness (QED) is 0.0630. The van der Waals surface area contributed by atoms with E-state index >= 15 is 0 Å². The number of nitrogens with one attached hydrogen (secondary N) is 1. The van der Waals surface area contributed by atoms with Crippen molar-refractivity contribution in [1.29, 1.82) is 0 Å². The maximum Gasteiger partial charge on any atom is 0.343 e. The molecule has 6 aromatic rings. The molecule has 0 saturated heterocycles. The van der Waals surface area contributed by atoms with Gasteiger partial charge in [0.05, 0.1) is 16.9 Å². The number of rotatable bonds is 12. The Kier molecular flexibility index (Phi) is 10.3. The van der Waals surface area contributed by atoms with Crippen LogP contribution in [0.2, 0.25) is 0 Å². The molecule has 0 aliphatic rings. The zero-order chi connectivity index (χ0) is 33.3. The van der Waals surface area contributed by atoms with Crippen LogP contribution in [-0.2, 0) is 11.2 Å². The summed E-state index contributed by atoms with van der Waals surface area (Å²) in [5, 5.41) is 16.4. The van der Waals surface area contributed by atoms with E-state index in [4.69, 9.17) is 9.85 Å². The first-order valence-electron chi connectivity index (χ1n) is 16.6. The molecule has 0 bridgehead atoms. The largest absolute Gasteiger partial charge is 0.423 e. The Balaban J connectivity index is 1.23. The van der Waals surface area contributed by atoms with Gasteiger partial charge in [-0.2, -0.15) is 5.11 Å². The molecule has 6 nitrogen and oxygen atoms in total. The van der Waals surface area contributed by atoms with Crippen LogP contribution < -0.4 is 10.1 Å². The summed E-state index contributed by atoms with van der Waals surface area (Å²) in [5.74, 6) is -0.119. The van der Waals surface area contributed by atoms with Crippen LogP contribution in [-0.4, -0.2) is 11.9 Å². The van der Waals surface area contributed by atoms with Gasteiger partial charge in [0.2, 0.25) is 5.91 Å². The third kappa shape index (κ3) is 7.67. The molecule has 0 aromatic heterocycles. The van der Waals surface area contributed by atoms with Gasteiger partial charge in [-0.1, -0.05) is 105 Å². The van der Waals surface area contributed by atoms with Crippen molar-refractivity contribution in [3.05, 3.63) is 132 Å². The van der Waals surface area contributed by atoms with Gasteiger partial charge in [0, 0.05) is 23.7 Å². The maximum atomic E-state index is 12.8. The molecular formula is C42H39N3O3. The van der Waals surface area contributed by atoms with Crippen LogP contribution in [0, 0.1) is 0 Å². The third-order valence-corrected chi connectivity index (χ3v) is 8.48. The van der Waals surface area contributed by atoms with Gasteiger partial charge >= 0.3 is 5.97 Å². The lowest BCUT2D eigenvalue weighted by atomic mass is 9.91. The number of ether oxygens (including phenoxy) is 1. The molecule has 6 rings (SSSR count). The number of azo groups is 1. The monoisotopic (exact) mass is 633 g/mol. The fourth-order valence-corrected chi connectivity index (χ4v) is 6.04. The molecular weight excluding hydrogens is 594 g/mol. The summed E-state index contributed by atoms with van der Waals surface area (Å²) in [6.45, 7) is 3.73. The van der Waals surface area contributed by atoms with Crippen molar-refractivity contribution in [2.75, 3.05) is 5.32 Å². The van der Waals surface area contributed by atoms with Gasteiger partial charge in [-0.05, 0) is 88.5 Å². The number of benzene rings is 6. The van der Waals surface area contributed by atoms with Crippen molar-refractivity contribution in [2.45, 2.75) is 52.4 Å². The van der Waals surface area contributed by atoms with Crippen LogP contribution in [0.1, 0.15) is 61.9 Å². The Hall–Kier alpha value is -5.62. The van der Waals surface area contributed by atoms with E-state index in [1.807, 2.05) is 72.8 Å². The van der Waals surface area contributed by atoms with E-state index in [1.54, 1.807) is 24.3 Å². The lowest BCUT2D eigenvalue weighted by molar-refractivity contribution is -0.114. The number of unbranched alkanes of at least 4 members (excludes halogenated alkanes) is 4. The van der Waals surface area contributed by atoms with Gasteiger partial charge < -0.3 is 10.1 Å². The van der Waals surface area contributed by atoms with Crippen LogP contribution in [0.25, 0.3) is 32.7 Å². The number of hydrogen-bond acceptors (Lipinski definition) is 5. The Morgan fingerprint density at radius 3 is 1.98 bits per heavy atom. The van der Waals surface area contributed by atoms with E-state index in [9.17, 15) is 9.59 Å². The predicted octanol–water partition coefficient (Wildman–Crippen LogP) is 11.8. The van der Waals surface area contributed by atoms with Gasteiger partial charge in [0.1, 0.15) is 5.75 Å². The molecule has 1 N–H and O–H groups in total. The number of esters is 1. The summed E-state index contributed by atoms with van der Waals surface area (Å²) in [5.41, 5.74) is 5.50. The summed E-state index contributed by atoms with van der Waals surface area (Å²) < 4.78 is 5.65. The number of carbonyl (C=O) groups is 2. The highest BCUT2D eigenvalue weighted by atomic mass is 16.5. The smallest absolute Gasteiger partial charge is 0.343 e. The Morgan fingerprint density at radius 1 is 0.646 bits per heavy atom. The summed E-state index contributed by atoms with van der Waals surface area (Å²) in [6.07, 6.45) is 7.22. The molecule has 1 amide bonds. The van der Waals surface area contributed by atoms with Crippen LogP contribution >= 0.6 is 0 Å². The van der Waals surface area contributed by atoms with E-state index in [2.05, 4.69) is 41.6 Å². The van der Waals surface area contributed by atoms with Crippen LogP contribution in [0.4, 0.5) is 17.1 Å². The highest BCUT2D eigenvalue weighted by Crippen LogP contribution is 2.45. The van der Waals surface area contributed by atoms with Crippen molar-refractivity contribution in [3.8, 4) is 16.9 Å². The number of hydrogen-bond donors (Lipinski definition) is 1. The zero-order valence-corrected chi connectivity index (χ0v) is 27.4. The van der Waals surface area contributed by atoms with Crippen molar-refractivity contribution in [1.82, 2.24) is 0 Å². The third-order valence-electron chi connectivity index (χ3n) is 8.48. The second-order valence-electron chi connectivity index (χ2n) is 12.0. The lowest BCUT2D eigenvalue weighted by Gasteiger charge is -2.17. The topological polar surface area (TPSA) is 80.1 Å². The number of carbonyl (C=O) groups excluding carboxylic acids is 2. The molecule has 0 radical (unpaired) electrons. The highest BCUT2D eigenvalue weighted by molar-refractivity contribution is 6.14. The minimum atomic E-state index is -0.398. The standard InChI is InChI=1S/C42H39N3O3/c1-3-4-5-6-7-12-30-17-19-33(20-18-30)42(47)48-35-25-23-34(24-26-35)44-45-39-28-22-32-14-9-11-16-37(32)41(39)40-36-15-10-8-13-31(36)21-27-38(40)43-29(2)46/h8-11,13-28H,3-7,12H2,1-2H3,(H,43,46). The first-order valence-corrected chi connectivity index (χ1v) is 16.6. The Morgan fingerprint density at radius 2 is 1.29 bits per heavy atom. The minimum absolute atomic E-state index is 0.152.